The number of hydrogen-bond donors (Lipinski definition) is 2. The van der Waals surface area contributed by atoms with Crippen molar-refractivity contribution in [2.24, 2.45) is 0 Å². The lowest BCUT2D eigenvalue weighted by Crippen LogP contribution is -2.21. The summed E-state index contributed by atoms with van der Waals surface area (Å²) in [5.41, 5.74) is 7.69. The van der Waals surface area contributed by atoms with Crippen LogP contribution in [0.5, 0.6) is 11.6 Å². The summed E-state index contributed by atoms with van der Waals surface area (Å²) in [5.74, 6) is 0.723. The van der Waals surface area contributed by atoms with E-state index < -0.39 is 0 Å². The van der Waals surface area contributed by atoms with Gasteiger partial charge in [0.25, 0.3) is 5.91 Å². The van der Waals surface area contributed by atoms with E-state index in [9.17, 15) is 4.79 Å². The van der Waals surface area contributed by atoms with Gasteiger partial charge in [0.2, 0.25) is 5.88 Å². The summed E-state index contributed by atoms with van der Waals surface area (Å²) in [6.45, 7) is 1.87. The Hall–Kier alpha value is -2.50. The Kier molecular flexibility index (Phi) is 3.41. The van der Waals surface area contributed by atoms with Crippen molar-refractivity contribution in [2.75, 3.05) is 19.8 Å². The Balaban J connectivity index is 2.29. The molecule has 2 rings (SSSR count). The number of nitrogens with zero attached hydrogens (tertiary/aromatic N) is 2. The summed E-state index contributed by atoms with van der Waals surface area (Å²) in [7, 11) is 3.38. The smallest absolute Gasteiger partial charge is 0.253 e. The van der Waals surface area contributed by atoms with Gasteiger partial charge in [-0.05, 0) is 25.1 Å². The highest BCUT2D eigenvalue weighted by atomic mass is 16.5. The van der Waals surface area contributed by atoms with Crippen LogP contribution in [0.3, 0.4) is 0 Å². The van der Waals surface area contributed by atoms with Crippen molar-refractivity contribution >= 4 is 11.6 Å². The van der Waals surface area contributed by atoms with Gasteiger partial charge in [-0.25, -0.2) is 0 Å². The fourth-order valence-electron chi connectivity index (χ4n) is 1.57. The molecular formula is C13H16N4O2. The predicted octanol–water partition coefficient (Wildman–Crippen LogP) is 1.79. The van der Waals surface area contributed by atoms with Crippen molar-refractivity contribution in [3.8, 4) is 11.6 Å². The molecule has 19 heavy (non-hydrogen) atoms. The van der Waals surface area contributed by atoms with Gasteiger partial charge in [0, 0.05) is 31.4 Å². The lowest BCUT2D eigenvalue weighted by atomic mass is 10.1. The molecule has 0 saturated heterocycles. The number of H-pyrrole nitrogens is 1. The first kappa shape index (κ1) is 12.9. The molecule has 0 aliphatic carbocycles. The molecular weight excluding hydrogens is 244 g/mol. The quantitative estimate of drug-likeness (QED) is 0.824. The summed E-state index contributed by atoms with van der Waals surface area (Å²) in [4.78, 5) is 13.4. The number of aryl methyl sites for hydroxylation is 1. The number of nitrogen functional groups attached to an aromatic ring is 1. The summed E-state index contributed by atoms with van der Waals surface area (Å²) < 4.78 is 5.56. The maximum Gasteiger partial charge on any atom is 0.253 e. The van der Waals surface area contributed by atoms with Gasteiger partial charge in [0.1, 0.15) is 0 Å². The third kappa shape index (κ3) is 2.85. The first-order valence-electron chi connectivity index (χ1n) is 5.78. The molecule has 0 fully saturated rings. The van der Waals surface area contributed by atoms with Gasteiger partial charge in [-0.15, -0.1) is 5.10 Å². The Labute approximate surface area is 111 Å². The lowest BCUT2D eigenvalue weighted by molar-refractivity contribution is 0.0827. The van der Waals surface area contributed by atoms with Gasteiger partial charge in [-0.3, -0.25) is 9.89 Å². The van der Waals surface area contributed by atoms with E-state index in [1.807, 2.05) is 6.92 Å². The molecule has 0 radical (unpaired) electrons. The molecule has 6 heteroatoms. The first-order chi connectivity index (χ1) is 8.97. The Bertz CT molecular complexity index is 604. The van der Waals surface area contributed by atoms with Crippen LogP contribution in [-0.4, -0.2) is 35.1 Å². The molecule has 0 saturated carbocycles. The number of ether oxygens (including phenoxy) is 1. The minimum Gasteiger partial charge on any atom is -0.435 e. The zero-order chi connectivity index (χ0) is 14.0. The van der Waals surface area contributed by atoms with E-state index in [1.165, 1.54) is 4.90 Å². The number of aromatic nitrogens is 2. The molecule has 6 nitrogen and oxygen atoms in total. The SMILES string of the molecule is Cc1cc(Oc2cc(C(=O)N(C)C)ccc2N)n[nH]1. The number of amides is 1. The fourth-order valence-corrected chi connectivity index (χ4v) is 1.57. The lowest BCUT2D eigenvalue weighted by Gasteiger charge is -2.12. The summed E-state index contributed by atoms with van der Waals surface area (Å²) >= 11 is 0. The fraction of sp³-hybridized carbons (Fsp3) is 0.231. The molecule has 1 amide bonds. The minimum absolute atomic E-state index is 0.108. The number of nitrogens with two attached hydrogens (primary N) is 1. The van der Waals surface area contributed by atoms with Crippen LogP contribution in [0.25, 0.3) is 0 Å². The number of carbonyl (C=O) groups excluding carboxylic acids is 1. The van der Waals surface area contributed by atoms with Gasteiger partial charge in [0.15, 0.2) is 5.75 Å². The molecule has 1 aromatic carbocycles. The summed E-state index contributed by atoms with van der Waals surface area (Å²) in [6, 6.07) is 6.67. The van der Waals surface area contributed by atoms with Gasteiger partial charge in [0.05, 0.1) is 5.69 Å². The summed E-state index contributed by atoms with van der Waals surface area (Å²) in [6.07, 6.45) is 0. The molecule has 1 aromatic heterocycles. The van der Waals surface area contributed by atoms with Gasteiger partial charge in [-0.2, -0.15) is 0 Å². The number of aromatic amines is 1. The third-order valence-electron chi connectivity index (χ3n) is 2.56. The number of rotatable bonds is 3. The molecule has 0 aliphatic rings. The maximum atomic E-state index is 11.9. The van der Waals surface area contributed by atoms with E-state index in [-0.39, 0.29) is 5.91 Å². The number of anilines is 1. The van der Waals surface area contributed by atoms with E-state index in [1.54, 1.807) is 38.4 Å². The number of carbonyl (C=O) groups is 1. The normalized spacial score (nSPS) is 10.3. The average Bonchev–Trinajstić information content (AvgIpc) is 2.76. The van der Waals surface area contributed by atoms with Crippen molar-refractivity contribution in [2.45, 2.75) is 6.92 Å². The van der Waals surface area contributed by atoms with Gasteiger partial charge in [-0.1, -0.05) is 0 Å². The second-order valence-electron chi connectivity index (χ2n) is 4.44. The highest BCUT2D eigenvalue weighted by molar-refractivity contribution is 5.94. The monoisotopic (exact) mass is 260 g/mol. The maximum absolute atomic E-state index is 11.9. The van der Waals surface area contributed by atoms with Crippen LogP contribution in [0.1, 0.15) is 16.1 Å². The highest BCUT2D eigenvalue weighted by Gasteiger charge is 2.12. The predicted molar refractivity (Wildman–Crippen MR) is 72.3 cm³/mol. The number of nitrogens with one attached hydrogen (secondary N) is 1. The van der Waals surface area contributed by atoms with Crippen LogP contribution in [0, 0.1) is 6.92 Å². The van der Waals surface area contributed by atoms with E-state index in [0.717, 1.165) is 5.69 Å². The molecule has 1 heterocycles. The molecule has 0 bridgehead atoms. The molecule has 0 atom stereocenters. The molecule has 0 spiro atoms. The van der Waals surface area contributed by atoms with Gasteiger partial charge >= 0.3 is 0 Å². The molecule has 0 unspecified atom stereocenters. The largest absolute Gasteiger partial charge is 0.435 e. The Morgan fingerprint density at radius 3 is 2.68 bits per heavy atom. The Morgan fingerprint density at radius 2 is 2.11 bits per heavy atom. The van der Waals surface area contributed by atoms with Crippen molar-refractivity contribution in [3.05, 3.63) is 35.5 Å². The van der Waals surface area contributed by atoms with Crippen molar-refractivity contribution in [1.82, 2.24) is 15.1 Å². The van der Waals surface area contributed by atoms with E-state index >= 15 is 0 Å². The van der Waals surface area contributed by atoms with Gasteiger partial charge < -0.3 is 15.4 Å². The Morgan fingerprint density at radius 1 is 1.37 bits per heavy atom. The number of benzene rings is 1. The summed E-state index contributed by atoms with van der Waals surface area (Å²) in [5, 5.41) is 6.74. The van der Waals surface area contributed by atoms with Crippen molar-refractivity contribution in [1.29, 1.82) is 0 Å². The van der Waals surface area contributed by atoms with Crippen LogP contribution in [0.4, 0.5) is 5.69 Å². The van der Waals surface area contributed by atoms with Crippen LogP contribution >= 0.6 is 0 Å². The van der Waals surface area contributed by atoms with E-state index in [4.69, 9.17) is 10.5 Å². The molecule has 2 aromatic rings. The molecule has 3 N–H and O–H groups in total. The van der Waals surface area contributed by atoms with Crippen LogP contribution in [0.2, 0.25) is 0 Å². The topological polar surface area (TPSA) is 84.2 Å². The number of hydrogen-bond acceptors (Lipinski definition) is 4. The van der Waals surface area contributed by atoms with Crippen LogP contribution in [-0.2, 0) is 0 Å². The third-order valence-corrected chi connectivity index (χ3v) is 2.56. The van der Waals surface area contributed by atoms with E-state index in [2.05, 4.69) is 10.2 Å². The van der Waals surface area contributed by atoms with Crippen molar-refractivity contribution in [3.63, 3.8) is 0 Å². The minimum atomic E-state index is -0.108. The van der Waals surface area contributed by atoms with E-state index in [0.29, 0.717) is 22.9 Å². The standard InChI is InChI=1S/C13H16N4O2/c1-8-6-12(16-15-8)19-11-7-9(4-5-10(11)14)13(18)17(2)3/h4-7H,14H2,1-3H3,(H,15,16). The van der Waals surface area contributed by atoms with Crippen LogP contribution in [0.15, 0.2) is 24.3 Å². The first-order valence-corrected chi connectivity index (χ1v) is 5.78. The second kappa shape index (κ2) is 5.01. The molecule has 100 valence electrons. The average molecular weight is 260 g/mol. The van der Waals surface area contributed by atoms with Crippen LogP contribution < -0.4 is 10.5 Å². The second-order valence-corrected chi connectivity index (χ2v) is 4.44. The highest BCUT2D eigenvalue weighted by Crippen LogP contribution is 2.28. The molecule has 0 aliphatic heterocycles. The zero-order valence-electron chi connectivity index (χ0n) is 11.1. The van der Waals surface area contributed by atoms with Crippen molar-refractivity contribution < 1.29 is 9.53 Å². The zero-order valence-corrected chi connectivity index (χ0v) is 11.1.